The van der Waals surface area contributed by atoms with Crippen LogP contribution < -0.4 is 9.88 Å². The standard InChI is InChI=1S/C16H14N2O/c1-18-14-9-5-6-10-15(14)19-16(18)11-12-17-13-7-3-2-4-8-13/h2-12H,1H3/p+1. The van der Waals surface area contributed by atoms with Gasteiger partial charge in [0.1, 0.15) is 7.05 Å². The molecule has 0 amide bonds. The molecule has 94 valence electrons. The summed E-state index contributed by atoms with van der Waals surface area (Å²) in [6, 6.07) is 18.0. The number of aromatic nitrogens is 1. The van der Waals surface area contributed by atoms with Crippen molar-refractivity contribution in [3.8, 4) is 0 Å². The number of hydrogen-bond acceptors (Lipinski definition) is 2. The second-order valence-electron chi connectivity index (χ2n) is 4.31. The summed E-state index contributed by atoms with van der Waals surface area (Å²) in [7, 11) is 1.99. The summed E-state index contributed by atoms with van der Waals surface area (Å²) in [6.45, 7) is 0. The summed E-state index contributed by atoms with van der Waals surface area (Å²) < 4.78 is 7.80. The Kier molecular flexibility index (Phi) is 3.02. The van der Waals surface area contributed by atoms with Crippen LogP contribution in [0.5, 0.6) is 0 Å². The molecule has 0 unspecified atom stereocenters. The molecule has 0 radical (unpaired) electrons. The third kappa shape index (κ3) is 2.36. The van der Waals surface area contributed by atoms with Crippen molar-refractivity contribution >= 4 is 22.9 Å². The third-order valence-electron chi connectivity index (χ3n) is 3.02. The topological polar surface area (TPSA) is 29.1 Å². The zero-order valence-corrected chi connectivity index (χ0v) is 10.7. The molecule has 3 aromatic rings. The number of anilines is 1. The van der Waals surface area contributed by atoms with E-state index in [1.165, 1.54) is 0 Å². The highest BCUT2D eigenvalue weighted by molar-refractivity contribution is 5.69. The normalized spacial score (nSPS) is 11.2. The lowest BCUT2D eigenvalue weighted by Crippen LogP contribution is -2.29. The van der Waals surface area contributed by atoms with Gasteiger partial charge in [-0.1, -0.05) is 30.3 Å². The Morgan fingerprint density at radius 1 is 1.00 bits per heavy atom. The average molecular weight is 251 g/mol. The average Bonchev–Trinajstić information content (AvgIpc) is 2.78. The van der Waals surface area contributed by atoms with Crippen LogP contribution in [0.3, 0.4) is 0 Å². The van der Waals surface area contributed by atoms with Crippen LogP contribution in [0.1, 0.15) is 5.89 Å². The molecule has 0 aliphatic carbocycles. The molecule has 0 spiro atoms. The van der Waals surface area contributed by atoms with E-state index in [1.807, 2.05) is 78.5 Å². The van der Waals surface area contributed by atoms with Crippen LogP contribution in [0.15, 0.2) is 65.2 Å². The number of aryl methyl sites for hydroxylation is 1. The zero-order valence-electron chi connectivity index (χ0n) is 10.7. The molecular formula is C16H15N2O+. The molecule has 1 aromatic heterocycles. The molecule has 19 heavy (non-hydrogen) atoms. The fourth-order valence-corrected chi connectivity index (χ4v) is 2.01. The highest BCUT2D eigenvalue weighted by Gasteiger charge is 2.14. The fourth-order valence-electron chi connectivity index (χ4n) is 2.01. The van der Waals surface area contributed by atoms with Gasteiger partial charge in [-0.2, -0.15) is 4.57 Å². The number of oxazole rings is 1. The molecule has 3 heteroatoms. The van der Waals surface area contributed by atoms with Gasteiger partial charge in [0.25, 0.3) is 5.52 Å². The molecule has 0 atom stereocenters. The van der Waals surface area contributed by atoms with Crippen molar-refractivity contribution in [1.82, 2.24) is 0 Å². The van der Waals surface area contributed by atoms with Crippen molar-refractivity contribution in [1.29, 1.82) is 0 Å². The van der Waals surface area contributed by atoms with Crippen molar-refractivity contribution in [3.63, 3.8) is 0 Å². The van der Waals surface area contributed by atoms with Crippen LogP contribution in [0, 0.1) is 0 Å². The van der Waals surface area contributed by atoms with E-state index >= 15 is 0 Å². The number of nitrogens with zero attached hydrogens (tertiary/aromatic N) is 1. The van der Waals surface area contributed by atoms with Crippen molar-refractivity contribution < 1.29 is 8.98 Å². The molecule has 0 saturated heterocycles. The Labute approximate surface area is 111 Å². The molecule has 2 aromatic carbocycles. The molecule has 0 fully saturated rings. The van der Waals surface area contributed by atoms with Gasteiger partial charge in [-0.05, 0) is 18.2 Å². The number of rotatable bonds is 3. The predicted molar refractivity (Wildman–Crippen MR) is 76.5 cm³/mol. The minimum absolute atomic E-state index is 0.810. The van der Waals surface area contributed by atoms with Gasteiger partial charge in [-0.25, -0.2) is 0 Å². The monoisotopic (exact) mass is 251 g/mol. The number of benzene rings is 2. The minimum atomic E-state index is 0.810. The predicted octanol–water partition coefficient (Wildman–Crippen LogP) is 3.34. The van der Waals surface area contributed by atoms with E-state index in [0.29, 0.717) is 0 Å². The van der Waals surface area contributed by atoms with E-state index in [1.54, 1.807) is 0 Å². The second kappa shape index (κ2) is 4.98. The van der Waals surface area contributed by atoms with Crippen LogP contribution in [-0.2, 0) is 7.05 Å². The van der Waals surface area contributed by atoms with Gasteiger partial charge in [0.15, 0.2) is 0 Å². The van der Waals surface area contributed by atoms with Gasteiger partial charge in [-0.15, -0.1) is 0 Å². The van der Waals surface area contributed by atoms with Gasteiger partial charge < -0.3 is 9.73 Å². The van der Waals surface area contributed by atoms with E-state index in [0.717, 1.165) is 22.7 Å². The number of fused-ring (bicyclic) bond motifs is 1. The lowest BCUT2D eigenvalue weighted by Gasteiger charge is -1.97. The van der Waals surface area contributed by atoms with Gasteiger partial charge in [0.2, 0.25) is 5.58 Å². The van der Waals surface area contributed by atoms with E-state index < -0.39 is 0 Å². The quantitative estimate of drug-likeness (QED) is 0.723. The smallest absolute Gasteiger partial charge is 0.375 e. The lowest BCUT2D eigenvalue weighted by molar-refractivity contribution is -0.652. The molecule has 3 rings (SSSR count). The molecule has 0 saturated carbocycles. The first-order valence-corrected chi connectivity index (χ1v) is 6.20. The minimum Gasteiger partial charge on any atom is -0.398 e. The lowest BCUT2D eigenvalue weighted by atomic mass is 10.3. The van der Waals surface area contributed by atoms with Crippen LogP contribution >= 0.6 is 0 Å². The first-order valence-electron chi connectivity index (χ1n) is 6.20. The molecule has 1 N–H and O–H groups in total. The Bertz CT molecular complexity index is 714. The summed E-state index contributed by atoms with van der Waals surface area (Å²) in [6.07, 6.45) is 3.81. The van der Waals surface area contributed by atoms with E-state index in [2.05, 4.69) is 5.32 Å². The number of hydrogen-bond donors (Lipinski definition) is 1. The summed E-state index contributed by atoms with van der Waals surface area (Å²) >= 11 is 0. The first-order chi connectivity index (χ1) is 9.34. The third-order valence-corrected chi connectivity index (χ3v) is 3.02. The highest BCUT2D eigenvalue weighted by atomic mass is 16.3. The van der Waals surface area contributed by atoms with Crippen LogP contribution in [0.2, 0.25) is 0 Å². The van der Waals surface area contributed by atoms with Crippen LogP contribution in [0.4, 0.5) is 5.69 Å². The van der Waals surface area contributed by atoms with Gasteiger partial charge in [0.05, 0.1) is 6.08 Å². The zero-order chi connectivity index (χ0) is 13.1. The highest BCUT2D eigenvalue weighted by Crippen LogP contribution is 2.13. The first kappa shape index (κ1) is 11.5. The summed E-state index contributed by atoms with van der Waals surface area (Å²) in [4.78, 5) is 0. The molecule has 3 nitrogen and oxygen atoms in total. The molecular weight excluding hydrogens is 236 g/mol. The summed E-state index contributed by atoms with van der Waals surface area (Å²) in [5, 5.41) is 3.21. The summed E-state index contributed by atoms with van der Waals surface area (Å²) in [5.41, 5.74) is 3.03. The fraction of sp³-hybridized carbons (Fsp3) is 0.0625. The second-order valence-corrected chi connectivity index (χ2v) is 4.31. The molecule has 0 bridgehead atoms. The SMILES string of the molecule is C[n+]1c(/C=C/Nc2ccccc2)oc2ccccc21. The van der Waals surface area contributed by atoms with E-state index in [4.69, 9.17) is 4.42 Å². The van der Waals surface area contributed by atoms with Crippen molar-refractivity contribution in [3.05, 3.63) is 66.7 Å². The van der Waals surface area contributed by atoms with Crippen molar-refractivity contribution in [2.45, 2.75) is 0 Å². The maximum Gasteiger partial charge on any atom is 0.375 e. The summed E-state index contributed by atoms with van der Waals surface area (Å²) in [5.74, 6) is 0.810. The maximum atomic E-state index is 5.77. The molecule has 0 aliphatic heterocycles. The van der Waals surface area contributed by atoms with E-state index in [9.17, 15) is 0 Å². The van der Waals surface area contributed by atoms with Gasteiger partial charge >= 0.3 is 5.89 Å². The maximum absolute atomic E-state index is 5.77. The molecule has 0 aliphatic rings. The Hall–Kier alpha value is -2.55. The largest absolute Gasteiger partial charge is 0.398 e. The Morgan fingerprint density at radius 2 is 1.74 bits per heavy atom. The van der Waals surface area contributed by atoms with Gasteiger partial charge in [0, 0.05) is 18.0 Å². The Balaban J connectivity index is 1.83. The van der Waals surface area contributed by atoms with E-state index in [-0.39, 0.29) is 0 Å². The van der Waals surface area contributed by atoms with Crippen molar-refractivity contribution in [2.24, 2.45) is 7.05 Å². The molecule has 1 heterocycles. The Morgan fingerprint density at radius 3 is 2.53 bits per heavy atom. The van der Waals surface area contributed by atoms with Crippen LogP contribution in [0.25, 0.3) is 17.2 Å². The van der Waals surface area contributed by atoms with Crippen molar-refractivity contribution in [2.75, 3.05) is 5.32 Å². The number of nitrogens with one attached hydrogen (secondary N) is 1. The number of para-hydroxylation sites is 3. The van der Waals surface area contributed by atoms with Gasteiger partial charge in [-0.3, -0.25) is 0 Å². The van der Waals surface area contributed by atoms with Crippen LogP contribution in [-0.4, -0.2) is 0 Å².